The van der Waals surface area contributed by atoms with Gasteiger partial charge in [-0.25, -0.2) is 0 Å². The first kappa shape index (κ1) is 19.4. The number of rotatable bonds is 6. The van der Waals surface area contributed by atoms with Crippen molar-refractivity contribution < 1.29 is 9.59 Å². The molecule has 140 valence electrons. The second kappa shape index (κ2) is 7.14. The van der Waals surface area contributed by atoms with Gasteiger partial charge in [0.25, 0.3) is 0 Å². The Labute approximate surface area is 150 Å². The summed E-state index contributed by atoms with van der Waals surface area (Å²) in [6.45, 7) is 10.7. The monoisotopic (exact) mass is 349 g/mol. The molecular formula is C18H31N5O2. The van der Waals surface area contributed by atoms with E-state index in [0.29, 0.717) is 25.4 Å². The van der Waals surface area contributed by atoms with Crippen molar-refractivity contribution in [2.45, 2.75) is 59.9 Å². The molecule has 1 aliphatic carbocycles. The standard InChI is InChI=1S/C18H31N5O2/c1-12(2)23-11-21-22-14(23)8-10-20-16(25)18(5)9-7-13(15(24)19-6)17(18,3)4/h11-13H,7-10H2,1-6H3,(H,19,24)(H,20,25)/t13-,18+/m0/s1. The highest BCUT2D eigenvalue weighted by Crippen LogP contribution is 2.56. The Bertz CT molecular complexity index is 637. The van der Waals surface area contributed by atoms with E-state index < -0.39 is 10.8 Å². The average molecular weight is 349 g/mol. The van der Waals surface area contributed by atoms with Crippen LogP contribution in [0.2, 0.25) is 0 Å². The third-order valence-corrected chi connectivity index (χ3v) is 6.13. The lowest BCUT2D eigenvalue weighted by atomic mass is 9.65. The highest BCUT2D eigenvalue weighted by atomic mass is 16.2. The first-order chi connectivity index (χ1) is 11.6. The Morgan fingerprint density at radius 3 is 2.64 bits per heavy atom. The first-order valence-corrected chi connectivity index (χ1v) is 9.03. The molecule has 0 bridgehead atoms. The summed E-state index contributed by atoms with van der Waals surface area (Å²) in [6, 6.07) is 0.292. The summed E-state index contributed by atoms with van der Waals surface area (Å²) in [5.41, 5.74) is -0.953. The fourth-order valence-corrected chi connectivity index (χ4v) is 3.90. The van der Waals surface area contributed by atoms with Crippen molar-refractivity contribution in [3.05, 3.63) is 12.2 Å². The van der Waals surface area contributed by atoms with Crippen LogP contribution in [0, 0.1) is 16.7 Å². The van der Waals surface area contributed by atoms with E-state index >= 15 is 0 Å². The molecule has 0 saturated heterocycles. The number of hydrogen-bond acceptors (Lipinski definition) is 4. The highest BCUT2D eigenvalue weighted by molar-refractivity contribution is 5.87. The molecule has 0 spiro atoms. The molecule has 1 saturated carbocycles. The minimum atomic E-state index is -0.560. The molecule has 25 heavy (non-hydrogen) atoms. The SMILES string of the molecule is CNC(=O)[C@@H]1CC[C@](C)(C(=O)NCCc2nncn2C(C)C)C1(C)C. The fourth-order valence-electron chi connectivity index (χ4n) is 3.90. The molecule has 7 heteroatoms. The van der Waals surface area contributed by atoms with Crippen LogP contribution in [0.3, 0.4) is 0 Å². The summed E-state index contributed by atoms with van der Waals surface area (Å²) < 4.78 is 2.01. The quantitative estimate of drug-likeness (QED) is 0.818. The van der Waals surface area contributed by atoms with E-state index in [-0.39, 0.29) is 17.7 Å². The lowest BCUT2D eigenvalue weighted by molar-refractivity contribution is -0.138. The Hall–Kier alpha value is -1.92. The lowest BCUT2D eigenvalue weighted by Gasteiger charge is -2.39. The molecule has 1 heterocycles. The number of nitrogens with zero attached hydrogens (tertiary/aromatic N) is 3. The molecule has 2 atom stereocenters. The molecule has 1 fully saturated rings. The van der Waals surface area contributed by atoms with E-state index in [1.807, 2.05) is 25.3 Å². The van der Waals surface area contributed by atoms with Gasteiger partial charge in [-0.05, 0) is 32.1 Å². The normalized spacial score (nSPS) is 25.2. The molecule has 7 nitrogen and oxygen atoms in total. The van der Waals surface area contributed by atoms with Crippen molar-refractivity contribution in [3.8, 4) is 0 Å². The van der Waals surface area contributed by atoms with Gasteiger partial charge in [-0.3, -0.25) is 9.59 Å². The third-order valence-electron chi connectivity index (χ3n) is 6.13. The molecule has 0 unspecified atom stereocenters. The van der Waals surface area contributed by atoms with Crippen molar-refractivity contribution >= 4 is 11.8 Å². The van der Waals surface area contributed by atoms with Crippen LogP contribution < -0.4 is 10.6 Å². The smallest absolute Gasteiger partial charge is 0.226 e. The number of carbonyl (C=O) groups excluding carboxylic acids is 2. The zero-order valence-electron chi connectivity index (χ0n) is 16.2. The van der Waals surface area contributed by atoms with Gasteiger partial charge in [-0.1, -0.05) is 20.8 Å². The molecular weight excluding hydrogens is 318 g/mol. The van der Waals surface area contributed by atoms with Gasteiger partial charge < -0.3 is 15.2 Å². The van der Waals surface area contributed by atoms with Gasteiger partial charge in [-0.15, -0.1) is 10.2 Å². The van der Waals surface area contributed by atoms with Crippen molar-refractivity contribution in [1.82, 2.24) is 25.4 Å². The van der Waals surface area contributed by atoms with E-state index in [9.17, 15) is 9.59 Å². The Morgan fingerprint density at radius 1 is 1.36 bits per heavy atom. The molecule has 2 N–H and O–H groups in total. The third kappa shape index (κ3) is 3.41. The Morgan fingerprint density at radius 2 is 2.04 bits per heavy atom. The molecule has 1 aromatic rings. The maximum absolute atomic E-state index is 12.9. The number of nitrogens with one attached hydrogen (secondary N) is 2. The number of amides is 2. The van der Waals surface area contributed by atoms with Crippen LogP contribution in [0.5, 0.6) is 0 Å². The van der Waals surface area contributed by atoms with Gasteiger partial charge in [0.1, 0.15) is 12.2 Å². The van der Waals surface area contributed by atoms with Gasteiger partial charge >= 0.3 is 0 Å². The van der Waals surface area contributed by atoms with E-state index in [1.54, 1.807) is 13.4 Å². The van der Waals surface area contributed by atoms with Gasteiger partial charge in [0.2, 0.25) is 11.8 Å². The van der Waals surface area contributed by atoms with E-state index in [0.717, 1.165) is 12.2 Å². The first-order valence-electron chi connectivity index (χ1n) is 9.03. The summed E-state index contributed by atoms with van der Waals surface area (Å²) in [5.74, 6) is 0.762. The average Bonchev–Trinajstić information content (AvgIpc) is 3.11. The van der Waals surface area contributed by atoms with E-state index in [2.05, 4.69) is 34.7 Å². The Kier molecular flexibility index (Phi) is 5.54. The number of aromatic nitrogens is 3. The molecule has 0 aromatic carbocycles. The zero-order chi connectivity index (χ0) is 18.8. The summed E-state index contributed by atoms with van der Waals surface area (Å²) >= 11 is 0. The van der Waals surface area contributed by atoms with Crippen molar-refractivity contribution in [3.63, 3.8) is 0 Å². The lowest BCUT2D eigenvalue weighted by Crippen LogP contribution is -2.49. The van der Waals surface area contributed by atoms with Crippen molar-refractivity contribution in [2.24, 2.45) is 16.7 Å². The molecule has 1 aromatic heterocycles. The van der Waals surface area contributed by atoms with Crippen LogP contribution >= 0.6 is 0 Å². The van der Waals surface area contributed by atoms with Crippen LogP contribution in [-0.2, 0) is 16.0 Å². The molecule has 0 radical (unpaired) electrons. The summed E-state index contributed by atoms with van der Waals surface area (Å²) in [7, 11) is 1.65. The number of hydrogen-bond donors (Lipinski definition) is 2. The minimum Gasteiger partial charge on any atom is -0.359 e. The largest absolute Gasteiger partial charge is 0.359 e. The van der Waals surface area contributed by atoms with Crippen LogP contribution in [0.1, 0.15) is 59.3 Å². The van der Waals surface area contributed by atoms with E-state index in [1.165, 1.54) is 0 Å². The van der Waals surface area contributed by atoms with Gasteiger partial charge in [0.05, 0.1) is 5.41 Å². The summed E-state index contributed by atoms with van der Waals surface area (Å²) in [4.78, 5) is 25.1. The molecule has 1 aliphatic rings. The summed E-state index contributed by atoms with van der Waals surface area (Å²) in [5, 5.41) is 13.9. The number of carbonyl (C=O) groups is 2. The van der Waals surface area contributed by atoms with Crippen LogP contribution in [0.4, 0.5) is 0 Å². The highest BCUT2D eigenvalue weighted by Gasteiger charge is 2.57. The Balaban J connectivity index is 2.00. The van der Waals surface area contributed by atoms with Gasteiger partial charge in [-0.2, -0.15) is 0 Å². The maximum Gasteiger partial charge on any atom is 0.226 e. The van der Waals surface area contributed by atoms with Crippen LogP contribution in [0.25, 0.3) is 0 Å². The predicted molar refractivity (Wildman–Crippen MR) is 95.8 cm³/mol. The molecule has 2 amide bonds. The molecule has 2 rings (SSSR count). The van der Waals surface area contributed by atoms with Crippen LogP contribution in [0.15, 0.2) is 6.33 Å². The van der Waals surface area contributed by atoms with Crippen LogP contribution in [-0.4, -0.2) is 40.2 Å². The maximum atomic E-state index is 12.9. The van der Waals surface area contributed by atoms with Crippen molar-refractivity contribution in [2.75, 3.05) is 13.6 Å². The van der Waals surface area contributed by atoms with Gasteiger partial charge in [0.15, 0.2) is 0 Å². The van der Waals surface area contributed by atoms with E-state index in [4.69, 9.17) is 0 Å². The van der Waals surface area contributed by atoms with Gasteiger partial charge in [0, 0.05) is 32.0 Å². The second-order valence-electron chi connectivity index (χ2n) is 8.01. The minimum absolute atomic E-state index is 0.0134. The molecule has 0 aliphatic heterocycles. The topological polar surface area (TPSA) is 88.9 Å². The zero-order valence-corrected chi connectivity index (χ0v) is 16.2. The summed E-state index contributed by atoms with van der Waals surface area (Å²) in [6.07, 6.45) is 3.81. The second-order valence-corrected chi connectivity index (χ2v) is 8.01. The van der Waals surface area contributed by atoms with Crippen molar-refractivity contribution in [1.29, 1.82) is 0 Å². The predicted octanol–water partition coefficient (Wildman–Crippen LogP) is 1.71. The fraction of sp³-hybridized carbons (Fsp3) is 0.778.